The van der Waals surface area contributed by atoms with Crippen LogP contribution in [-0.2, 0) is 9.53 Å². The zero-order valence-corrected chi connectivity index (χ0v) is 11.5. The molecule has 0 radical (unpaired) electrons. The summed E-state index contributed by atoms with van der Waals surface area (Å²) in [7, 11) is 0. The largest absolute Gasteiger partial charge is 0.373 e. The van der Waals surface area contributed by atoms with Crippen molar-refractivity contribution in [1.29, 1.82) is 0 Å². The number of rotatable bonds is 9. The van der Waals surface area contributed by atoms with E-state index >= 15 is 0 Å². The van der Waals surface area contributed by atoms with Crippen molar-refractivity contribution in [3.05, 3.63) is 0 Å². The highest BCUT2D eigenvalue weighted by atomic mass is 16.6. The van der Waals surface area contributed by atoms with Crippen LogP contribution in [0.4, 0.5) is 0 Å². The van der Waals surface area contributed by atoms with Gasteiger partial charge in [0.1, 0.15) is 0 Å². The molecular formula is C15H27NO2. The third kappa shape index (κ3) is 5.38. The summed E-state index contributed by atoms with van der Waals surface area (Å²) in [6.45, 7) is 3.00. The zero-order chi connectivity index (χ0) is 12.6. The van der Waals surface area contributed by atoms with E-state index in [1.165, 1.54) is 51.4 Å². The molecule has 0 aliphatic carbocycles. The molecule has 0 aromatic carbocycles. The van der Waals surface area contributed by atoms with Crippen molar-refractivity contribution in [3.63, 3.8) is 0 Å². The lowest BCUT2D eigenvalue weighted by molar-refractivity contribution is -0.130. The van der Waals surface area contributed by atoms with E-state index in [-0.39, 0.29) is 0 Å². The molecule has 1 amide bonds. The number of epoxide rings is 1. The van der Waals surface area contributed by atoms with Crippen molar-refractivity contribution in [2.45, 2.75) is 70.3 Å². The summed E-state index contributed by atoms with van der Waals surface area (Å²) < 4.78 is 5.19. The van der Waals surface area contributed by atoms with Crippen LogP contribution in [0.1, 0.15) is 64.2 Å². The third-order valence-electron chi connectivity index (χ3n) is 4.03. The van der Waals surface area contributed by atoms with Crippen LogP contribution in [0, 0.1) is 0 Å². The molecule has 0 aromatic rings. The molecule has 2 aliphatic heterocycles. The van der Waals surface area contributed by atoms with E-state index in [9.17, 15) is 4.79 Å². The molecule has 104 valence electrons. The quantitative estimate of drug-likeness (QED) is 0.467. The first-order valence-electron chi connectivity index (χ1n) is 7.75. The standard InChI is InChI=1S/C15H27NO2/c17-15(16-11-7-8-12-16)10-6-4-2-1-3-5-9-14-13-18-14/h14H,1-13H2. The maximum atomic E-state index is 11.8. The minimum Gasteiger partial charge on any atom is -0.373 e. The lowest BCUT2D eigenvalue weighted by atomic mass is 10.1. The van der Waals surface area contributed by atoms with Gasteiger partial charge in [0.2, 0.25) is 5.91 Å². The summed E-state index contributed by atoms with van der Waals surface area (Å²) in [6.07, 6.45) is 12.6. The maximum absolute atomic E-state index is 11.8. The molecular weight excluding hydrogens is 226 g/mol. The number of ether oxygens (including phenoxy) is 1. The lowest BCUT2D eigenvalue weighted by Gasteiger charge is -2.14. The van der Waals surface area contributed by atoms with E-state index in [0.29, 0.717) is 12.0 Å². The average Bonchev–Trinajstić information content (AvgIpc) is 3.03. The fourth-order valence-corrected chi connectivity index (χ4v) is 2.71. The summed E-state index contributed by atoms with van der Waals surface area (Å²) in [6, 6.07) is 0. The van der Waals surface area contributed by atoms with E-state index < -0.39 is 0 Å². The van der Waals surface area contributed by atoms with Gasteiger partial charge in [-0.15, -0.1) is 0 Å². The highest BCUT2D eigenvalue weighted by Gasteiger charge is 2.20. The van der Waals surface area contributed by atoms with E-state index in [2.05, 4.69) is 0 Å². The Morgan fingerprint density at radius 3 is 2.28 bits per heavy atom. The molecule has 0 spiro atoms. The predicted octanol–water partition coefficient (Wildman–Crippen LogP) is 3.13. The van der Waals surface area contributed by atoms with Crippen molar-refractivity contribution in [3.8, 4) is 0 Å². The van der Waals surface area contributed by atoms with Crippen LogP contribution in [0.25, 0.3) is 0 Å². The van der Waals surface area contributed by atoms with Crippen LogP contribution in [0.15, 0.2) is 0 Å². The van der Waals surface area contributed by atoms with Gasteiger partial charge in [0.05, 0.1) is 12.7 Å². The Labute approximate surface area is 111 Å². The molecule has 2 aliphatic rings. The Morgan fingerprint density at radius 1 is 1.00 bits per heavy atom. The Bertz CT molecular complexity index is 245. The second-order valence-electron chi connectivity index (χ2n) is 5.70. The molecule has 2 fully saturated rings. The van der Waals surface area contributed by atoms with Gasteiger partial charge < -0.3 is 9.64 Å². The monoisotopic (exact) mass is 253 g/mol. The van der Waals surface area contributed by atoms with Gasteiger partial charge in [-0.2, -0.15) is 0 Å². The summed E-state index contributed by atoms with van der Waals surface area (Å²) >= 11 is 0. The fourth-order valence-electron chi connectivity index (χ4n) is 2.71. The van der Waals surface area contributed by atoms with Crippen molar-refractivity contribution in [1.82, 2.24) is 4.90 Å². The number of hydrogen-bond donors (Lipinski definition) is 0. The Hall–Kier alpha value is -0.570. The van der Waals surface area contributed by atoms with E-state index in [1.54, 1.807) is 0 Å². The van der Waals surface area contributed by atoms with Crippen molar-refractivity contribution < 1.29 is 9.53 Å². The zero-order valence-electron chi connectivity index (χ0n) is 11.5. The first-order valence-corrected chi connectivity index (χ1v) is 7.75. The summed E-state index contributed by atoms with van der Waals surface area (Å²) in [5, 5.41) is 0. The average molecular weight is 253 g/mol. The number of unbranched alkanes of at least 4 members (excludes halogenated alkanes) is 5. The molecule has 2 heterocycles. The van der Waals surface area contributed by atoms with Crippen LogP contribution in [0.5, 0.6) is 0 Å². The summed E-state index contributed by atoms with van der Waals surface area (Å²) in [5.74, 6) is 0.387. The van der Waals surface area contributed by atoms with Crippen LogP contribution in [-0.4, -0.2) is 36.6 Å². The van der Waals surface area contributed by atoms with Gasteiger partial charge in [-0.25, -0.2) is 0 Å². The Morgan fingerprint density at radius 2 is 1.61 bits per heavy atom. The number of amides is 1. The second kappa shape index (κ2) is 7.78. The van der Waals surface area contributed by atoms with Gasteiger partial charge in [-0.3, -0.25) is 4.79 Å². The molecule has 0 saturated carbocycles. The number of nitrogens with zero attached hydrogens (tertiary/aromatic N) is 1. The Balaban J connectivity index is 1.35. The number of carbonyl (C=O) groups is 1. The molecule has 0 bridgehead atoms. The Kier molecular flexibility index (Phi) is 5.98. The minimum atomic E-state index is 0.387. The highest BCUT2D eigenvalue weighted by Crippen LogP contribution is 2.18. The normalized spacial score (nSPS) is 22.4. The number of carbonyl (C=O) groups excluding carboxylic acids is 1. The van der Waals surface area contributed by atoms with Crippen LogP contribution >= 0.6 is 0 Å². The van der Waals surface area contributed by atoms with Crippen LogP contribution in [0.2, 0.25) is 0 Å². The molecule has 3 heteroatoms. The molecule has 3 nitrogen and oxygen atoms in total. The van der Waals surface area contributed by atoms with Crippen LogP contribution < -0.4 is 0 Å². The van der Waals surface area contributed by atoms with E-state index in [4.69, 9.17) is 4.74 Å². The number of likely N-dealkylation sites (tertiary alicyclic amines) is 1. The first kappa shape index (κ1) is 13.9. The second-order valence-corrected chi connectivity index (χ2v) is 5.70. The van der Waals surface area contributed by atoms with Crippen molar-refractivity contribution in [2.75, 3.05) is 19.7 Å². The fraction of sp³-hybridized carbons (Fsp3) is 0.933. The summed E-state index contributed by atoms with van der Waals surface area (Å²) in [5.41, 5.74) is 0. The summed E-state index contributed by atoms with van der Waals surface area (Å²) in [4.78, 5) is 13.8. The van der Waals surface area contributed by atoms with Gasteiger partial charge in [-0.05, 0) is 25.7 Å². The van der Waals surface area contributed by atoms with Crippen molar-refractivity contribution >= 4 is 5.91 Å². The molecule has 2 rings (SSSR count). The van der Waals surface area contributed by atoms with Crippen molar-refractivity contribution in [2.24, 2.45) is 0 Å². The topological polar surface area (TPSA) is 32.8 Å². The van der Waals surface area contributed by atoms with Gasteiger partial charge in [-0.1, -0.05) is 32.1 Å². The van der Waals surface area contributed by atoms with E-state index in [0.717, 1.165) is 32.5 Å². The first-order chi connectivity index (χ1) is 8.86. The molecule has 0 N–H and O–H groups in total. The predicted molar refractivity (Wildman–Crippen MR) is 72.5 cm³/mol. The molecule has 1 atom stereocenters. The smallest absolute Gasteiger partial charge is 0.222 e. The van der Waals surface area contributed by atoms with E-state index in [1.807, 2.05) is 4.90 Å². The molecule has 1 unspecified atom stereocenters. The SMILES string of the molecule is O=C(CCCCCCCCC1CO1)N1CCCC1. The van der Waals surface area contributed by atoms with Gasteiger partial charge in [0.15, 0.2) is 0 Å². The third-order valence-corrected chi connectivity index (χ3v) is 4.03. The lowest BCUT2D eigenvalue weighted by Crippen LogP contribution is -2.27. The van der Waals surface area contributed by atoms with Gasteiger partial charge in [0.25, 0.3) is 0 Å². The molecule has 0 aromatic heterocycles. The minimum absolute atomic E-state index is 0.387. The maximum Gasteiger partial charge on any atom is 0.222 e. The molecule has 18 heavy (non-hydrogen) atoms. The molecule has 2 saturated heterocycles. The van der Waals surface area contributed by atoms with Gasteiger partial charge >= 0.3 is 0 Å². The highest BCUT2D eigenvalue weighted by molar-refractivity contribution is 5.76. The van der Waals surface area contributed by atoms with Crippen LogP contribution in [0.3, 0.4) is 0 Å². The number of hydrogen-bond acceptors (Lipinski definition) is 2. The van der Waals surface area contributed by atoms with Gasteiger partial charge in [0, 0.05) is 19.5 Å².